The van der Waals surface area contributed by atoms with E-state index in [-0.39, 0.29) is 6.54 Å². The Kier molecular flexibility index (Phi) is 5.22. The minimum Gasteiger partial charge on any atom is -0.351 e. The number of aromatic nitrogens is 1. The first-order valence-corrected chi connectivity index (χ1v) is 8.33. The molecule has 0 aliphatic carbocycles. The van der Waals surface area contributed by atoms with Gasteiger partial charge in [0, 0.05) is 15.6 Å². The SMILES string of the molecule is NC(=O)N(Cc1ccccc1Cl)c1cccc(-c2ccc(Cl)cc2)n1. The number of urea groups is 1. The van der Waals surface area contributed by atoms with E-state index in [2.05, 4.69) is 4.98 Å². The quantitative estimate of drug-likeness (QED) is 0.689. The zero-order valence-electron chi connectivity index (χ0n) is 13.2. The number of halogens is 2. The monoisotopic (exact) mass is 371 g/mol. The summed E-state index contributed by atoms with van der Waals surface area (Å²) in [4.78, 5) is 17.9. The maximum absolute atomic E-state index is 12.0. The molecule has 25 heavy (non-hydrogen) atoms. The topological polar surface area (TPSA) is 59.2 Å². The lowest BCUT2D eigenvalue weighted by Crippen LogP contribution is -2.35. The zero-order chi connectivity index (χ0) is 17.8. The molecule has 0 bridgehead atoms. The van der Waals surface area contributed by atoms with Crippen molar-refractivity contribution < 1.29 is 4.79 Å². The molecular weight excluding hydrogens is 357 g/mol. The summed E-state index contributed by atoms with van der Waals surface area (Å²) >= 11 is 12.1. The van der Waals surface area contributed by atoms with Crippen LogP contribution in [0.3, 0.4) is 0 Å². The molecule has 0 atom stereocenters. The second kappa shape index (κ2) is 7.55. The summed E-state index contributed by atoms with van der Waals surface area (Å²) in [5, 5.41) is 1.22. The Balaban J connectivity index is 1.94. The number of carbonyl (C=O) groups excluding carboxylic acids is 1. The van der Waals surface area contributed by atoms with E-state index in [9.17, 15) is 4.79 Å². The Hall–Kier alpha value is -2.56. The molecule has 0 spiro atoms. The second-order valence-electron chi connectivity index (χ2n) is 5.40. The molecule has 1 aromatic heterocycles. The molecule has 0 fully saturated rings. The van der Waals surface area contributed by atoms with Gasteiger partial charge in [-0.2, -0.15) is 0 Å². The fourth-order valence-corrected chi connectivity index (χ4v) is 2.75. The molecule has 4 nitrogen and oxygen atoms in total. The summed E-state index contributed by atoms with van der Waals surface area (Å²) in [5.74, 6) is 0.458. The van der Waals surface area contributed by atoms with Gasteiger partial charge in [0.25, 0.3) is 0 Å². The molecule has 3 rings (SSSR count). The van der Waals surface area contributed by atoms with Gasteiger partial charge in [-0.25, -0.2) is 9.78 Å². The van der Waals surface area contributed by atoms with E-state index in [1.807, 2.05) is 42.5 Å². The van der Waals surface area contributed by atoms with Crippen molar-refractivity contribution in [1.29, 1.82) is 0 Å². The van der Waals surface area contributed by atoms with Crippen LogP contribution in [0.2, 0.25) is 10.0 Å². The van der Waals surface area contributed by atoms with Crippen LogP contribution in [0, 0.1) is 0 Å². The van der Waals surface area contributed by atoms with Gasteiger partial charge < -0.3 is 5.73 Å². The average molecular weight is 372 g/mol. The fraction of sp³-hybridized carbons (Fsp3) is 0.0526. The first kappa shape index (κ1) is 17.3. The molecule has 1 heterocycles. The number of anilines is 1. The number of amides is 2. The maximum Gasteiger partial charge on any atom is 0.320 e. The molecule has 0 radical (unpaired) electrons. The summed E-state index contributed by atoms with van der Waals surface area (Å²) in [6, 6.07) is 19.5. The smallest absolute Gasteiger partial charge is 0.320 e. The van der Waals surface area contributed by atoms with E-state index in [1.165, 1.54) is 4.90 Å². The van der Waals surface area contributed by atoms with Crippen LogP contribution in [-0.2, 0) is 6.54 Å². The maximum atomic E-state index is 12.0. The lowest BCUT2D eigenvalue weighted by molar-refractivity contribution is 0.253. The minimum atomic E-state index is -0.597. The molecule has 6 heteroatoms. The summed E-state index contributed by atoms with van der Waals surface area (Å²) in [5.41, 5.74) is 7.97. The Bertz CT molecular complexity index is 897. The van der Waals surface area contributed by atoms with Crippen molar-refractivity contribution >= 4 is 35.1 Å². The van der Waals surface area contributed by atoms with Gasteiger partial charge in [-0.1, -0.05) is 59.6 Å². The number of hydrogen-bond acceptors (Lipinski definition) is 2. The number of hydrogen-bond donors (Lipinski definition) is 1. The van der Waals surface area contributed by atoms with E-state index in [4.69, 9.17) is 28.9 Å². The van der Waals surface area contributed by atoms with E-state index in [0.717, 1.165) is 16.8 Å². The molecule has 0 aliphatic rings. The first-order valence-electron chi connectivity index (χ1n) is 7.58. The van der Waals surface area contributed by atoms with Gasteiger partial charge in [0.1, 0.15) is 5.82 Å². The van der Waals surface area contributed by atoms with Crippen LogP contribution in [0.5, 0.6) is 0 Å². The highest BCUT2D eigenvalue weighted by Gasteiger charge is 2.16. The number of benzene rings is 2. The highest BCUT2D eigenvalue weighted by atomic mass is 35.5. The third kappa shape index (κ3) is 4.10. The van der Waals surface area contributed by atoms with Gasteiger partial charge in [0.15, 0.2) is 0 Å². The molecule has 0 aliphatic heterocycles. The van der Waals surface area contributed by atoms with Gasteiger partial charge in [-0.05, 0) is 35.9 Å². The normalized spacial score (nSPS) is 10.5. The molecular formula is C19H15Cl2N3O. The summed E-state index contributed by atoms with van der Waals surface area (Å²) in [6.45, 7) is 0.242. The van der Waals surface area contributed by atoms with E-state index in [1.54, 1.807) is 24.3 Å². The Morgan fingerprint density at radius 2 is 1.68 bits per heavy atom. The lowest BCUT2D eigenvalue weighted by Gasteiger charge is -2.20. The summed E-state index contributed by atoms with van der Waals surface area (Å²) in [6.07, 6.45) is 0. The molecule has 0 saturated carbocycles. The van der Waals surface area contributed by atoms with Crippen LogP contribution in [0.4, 0.5) is 10.6 Å². The van der Waals surface area contributed by atoms with Crippen molar-refractivity contribution in [2.24, 2.45) is 5.73 Å². The number of nitrogens with zero attached hydrogens (tertiary/aromatic N) is 2. The largest absolute Gasteiger partial charge is 0.351 e. The van der Waals surface area contributed by atoms with Crippen molar-refractivity contribution in [2.45, 2.75) is 6.54 Å². The lowest BCUT2D eigenvalue weighted by atomic mass is 10.1. The predicted molar refractivity (Wildman–Crippen MR) is 102 cm³/mol. The fourth-order valence-electron chi connectivity index (χ4n) is 2.42. The second-order valence-corrected chi connectivity index (χ2v) is 6.25. The van der Waals surface area contributed by atoms with Gasteiger partial charge in [-0.15, -0.1) is 0 Å². The molecule has 2 aromatic carbocycles. The van der Waals surface area contributed by atoms with Crippen LogP contribution >= 0.6 is 23.2 Å². The van der Waals surface area contributed by atoms with Gasteiger partial charge in [0.2, 0.25) is 0 Å². The van der Waals surface area contributed by atoms with E-state index in [0.29, 0.717) is 15.9 Å². The minimum absolute atomic E-state index is 0.242. The first-order chi connectivity index (χ1) is 12.0. The molecule has 0 saturated heterocycles. The Labute approximate surface area is 155 Å². The predicted octanol–water partition coefficient (Wildman–Crippen LogP) is 5.14. The van der Waals surface area contributed by atoms with Crippen LogP contribution in [0.15, 0.2) is 66.7 Å². The van der Waals surface area contributed by atoms with Crippen molar-refractivity contribution in [2.75, 3.05) is 4.90 Å². The van der Waals surface area contributed by atoms with Crippen LogP contribution in [-0.4, -0.2) is 11.0 Å². The Morgan fingerprint density at radius 1 is 0.960 bits per heavy atom. The van der Waals surface area contributed by atoms with Crippen molar-refractivity contribution in [3.05, 3.63) is 82.3 Å². The summed E-state index contributed by atoms with van der Waals surface area (Å²) in [7, 11) is 0. The van der Waals surface area contributed by atoms with Gasteiger partial charge >= 0.3 is 6.03 Å². The van der Waals surface area contributed by atoms with E-state index < -0.39 is 6.03 Å². The highest BCUT2D eigenvalue weighted by Crippen LogP contribution is 2.24. The number of nitrogens with two attached hydrogens (primary N) is 1. The van der Waals surface area contributed by atoms with Crippen LogP contribution < -0.4 is 10.6 Å². The molecule has 2 N–H and O–H groups in total. The van der Waals surface area contributed by atoms with E-state index >= 15 is 0 Å². The number of rotatable bonds is 4. The van der Waals surface area contributed by atoms with Crippen molar-refractivity contribution in [1.82, 2.24) is 4.98 Å². The number of pyridine rings is 1. The average Bonchev–Trinajstić information content (AvgIpc) is 2.61. The van der Waals surface area contributed by atoms with Crippen molar-refractivity contribution in [3.8, 4) is 11.3 Å². The van der Waals surface area contributed by atoms with Gasteiger partial charge in [-0.3, -0.25) is 4.90 Å². The van der Waals surface area contributed by atoms with Crippen LogP contribution in [0.1, 0.15) is 5.56 Å². The molecule has 0 unspecified atom stereocenters. The third-order valence-electron chi connectivity index (χ3n) is 3.70. The zero-order valence-corrected chi connectivity index (χ0v) is 14.7. The Morgan fingerprint density at radius 3 is 2.36 bits per heavy atom. The van der Waals surface area contributed by atoms with Crippen LogP contribution in [0.25, 0.3) is 11.3 Å². The van der Waals surface area contributed by atoms with Gasteiger partial charge in [0.05, 0.1) is 12.2 Å². The number of carbonyl (C=O) groups is 1. The molecule has 3 aromatic rings. The third-order valence-corrected chi connectivity index (χ3v) is 4.32. The standard InChI is InChI=1S/C19H15Cl2N3O/c20-15-10-8-13(9-11-15)17-6-3-7-18(23-17)24(19(22)25)12-14-4-1-2-5-16(14)21/h1-11H,12H2,(H2,22,25). The summed E-state index contributed by atoms with van der Waals surface area (Å²) < 4.78 is 0. The number of primary amides is 1. The molecule has 126 valence electrons. The van der Waals surface area contributed by atoms with Crippen molar-refractivity contribution in [3.63, 3.8) is 0 Å². The highest BCUT2D eigenvalue weighted by molar-refractivity contribution is 6.31. The molecule has 2 amide bonds.